The van der Waals surface area contributed by atoms with E-state index < -0.39 is 41.8 Å². The van der Waals surface area contributed by atoms with Crippen LogP contribution in [0, 0.1) is 5.92 Å². The van der Waals surface area contributed by atoms with Crippen molar-refractivity contribution in [2.24, 2.45) is 28.1 Å². The molecule has 3 atom stereocenters. The van der Waals surface area contributed by atoms with Gasteiger partial charge in [0.2, 0.25) is 17.7 Å². The van der Waals surface area contributed by atoms with Crippen LogP contribution in [0.25, 0.3) is 0 Å². The number of hydrogen-bond acceptors (Lipinski definition) is 6. The fourth-order valence-electron chi connectivity index (χ4n) is 2.31. The molecule has 0 aliphatic rings. The summed E-state index contributed by atoms with van der Waals surface area (Å²) >= 11 is 0. The molecular formula is C17H33N7O5. The van der Waals surface area contributed by atoms with Crippen LogP contribution in [0.15, 0.2) is 4.99 Å². The largest absolute Gasteiger partial charge is 0.480 e. The zero-order chi connectivity index (χ0) is 22.6. The van der Waals surface area contributed by atoms with Crippen molar-refractivity contribution in [2.75, 3.05) is 13.1 Å². The van der Waals surface area contributed by atoms with Crippen LogP contribution in [-0.4, -0.2) is 66.0 Å². The minimum Gasteiger partial charge on any atom is -0.480 e. The molecule has 0 aromatic heterocycles. The molecule has 12 heteroatoms. The standard InChI is InChI=1S/C17H33N7O5/c1-9(2)7-12(16(28)29)24-15(27)11(5-4-6-21-17(19)20)23-13(25)8-22-14(26)10(3)18/h9-12H,4-8,18H2,1-3H3,(H,22,26)(H,23,25)(H,24,27)(H,28,29)(H4,19,20,21). The Kier molecular flexibility index (Phi) is 12.0. The normalized spacial score (nSPS) is 13.7. The molecule has 3 unspecified atom stereocenters. The minimum atomic E-state index is -1.16. The van der Waals surface area contributed by atoms with Crippen molar-refractivity contribution >= 4 is 29.7 Å². The molecule has 166 valence electrons. The van der Waals surface area contributed by atoms with E-state index in [0.29, 0.717) is 6.42 Å². The molecule has 0 saturated carbocycles. The third-order valence-electron chi connectivity index (χ3n) is 3.76. The third kappa shape index (κ3) is 12.2. The Bertz CT molecular complexity index is 603. The molecule has 12 nitrogen and oxygen atoms in total. The molecule has 0 radical (unpaired) electrons. The maximum absolute atomic E-state index is 12.6. The van der Waals surface area contributed by atoms with E-state index in [1.807, 2.05) is 13.8 Å². The molecule has 0 spiro atoms. The maximum Gasteiger partial charge on any atom is 0.326 e. The molecule has 29 heavy (non-hydrogen) atoms. The van der Waals surface area contributed by atoms with Gasteiger partial charge in [0.05, 0.1) is 12.6 Å². The number of hydrogen-bond donors (Lipinski definition) is 7. The first kappa shape index (κ1) is 26.1. The van der Waals surface area contributed by atoms with Crippen molar-refractivity contribution in [1.29, 1.82) is 0 Å². The van der Waals surface area contributed by atoms with Gasteiger partial charge in [-0.3, -0.25) is 19.4 Å². The lowest BCUT2D eigenvalue weighted by Gasteiger charge is -2.22. The number of guanidine groups is 1. The van der Waals surface area contributed by atoms with Gasteiger partial charge in [-0.15, -0.1) is 0 Å². The molecule has 0 fully saturated rings. The average Bonchev–Trinajstić information content (AvgIpc) is 2.60. The number of nitrogens with zero attached hydrogens (tertiary/aromatic N) is 1. The number of nitrogens with two attached hydrogens (primary N) is 3. The molecular weight excluding hydrogens is 382 g/mol. The van der Waals surface area contributed by atoms with Crippen molar-refractivity contribution < 1.29 is 24.3 Å². The van der Waals surface area contributed by atoms with Gasteiger partial charge in [0.25, 0.3) is 0 Å². The second-order valence-corrected chi connectivity index (χ2v) is 7.10. The van der Waals surface area contributed by atoms with Crippen LogP contribution >= 0.6 is 0 Å². The summed E-state index contributed by atoms with van der Waals surface area (Å²) in [6.45, 7) is 4.99. The maximum atomic E-state index is 12.6. The monoisotopic (exact) mass is 415 g/mol. The number of carboxylic acid groups (broad SMARTS) is 1. The fraction of sp³-hybridized carbons (Fsp3) is 0.706. The van der Waals surface area contributed by atoms with Crippen LogP contribution in [0.3, 0.4) is 0 Å². The van der Waals surface area contributed by atoms with Gasteiger partial charge < -0.3 is 38.3 Å². The summed E-state index contributed by atoms with van der Waals surface area (Å²) < 4.78 is 0. The van der Waals surface area contributed by atoms with E-state index in [2.05, 4.69) is 20.9 Å². The predicted molar refractivity (Wildman–Crippen MR) is 108 cm³/mol. The topological polar surface area (TPSA) is 215 Å². The van der Waals surface area contributed by atoms with Gasteiger partial charge in [-0.2, -0.15) is 0 Å². The second-order valence-electron chi connectivity index (χ2n) is 7.10. The van der Waals surface area contributed by atoms with Gasteiger partial charge in [0.1, 0.15) is 12.1 Å². The number of nitrogens with one attached hydrogen (secondary N) is 3. The molecule has 0 heterocycles. The van der Waals surface area contributed by atoms with Crippen LogP contribution in [0.5, 0.6) is 0 Å². The number of carbonyl (C=O) groups is 4. The quantitative estimate of drug-likeness (QED) is 0.0975. The molecule has 0 aliphatic carbocycles. The van der Waals surface area contributed by atoms with E-state index in [4.69, 9.17) is 17.2 Å². The Labute approximate surface area is 170 Å². The molecule has 0 aliphatic heterocycles. The number of amides is 3. The molecule has 0 aromatic carbocycles. The van der Waals surface area contributed by atoms with E-state index in [-0.39, 0.29) is 37.8 Å². The van der Waals surface area contributed by atoms with E-state index in [1.54, 1.807) is 0 Å². The summed E-state index contributed by atoms with van der Waals surface area (Å²) in [6, 6.07) is -2.89. The first-order valence-electron chi connectivity index (χ1n) is 9.35. The average molecular weight is 415 g/mol. The van der Waals surface area contributed by atoms with Gasteiger partial charge in [-0.1, -0.05) is 13.8 Å². The van der Waals surface area contributed by atoms with Crippen LogP contribution in [-0.2, 0) is 19.2 Å². The van der Waals surface area contributed by atoms with E-state index in [9.17, 15) is 24.3 Å². The predicted octanol–water partition coefficient (Wildman–Crippen LogP) is -2.40. The van der Waals surface area contributed by atoms with Crippen molar-refractivity contribution in [3.05, 3.63) is 0 Å². The van der Waals surface area contributed by atoms with Gasteiger partial charge >= 0.3 is 5.97 Å². The molecule has 10 N–H and O–H groups in total. The van der Waals surface area contributed by atoms with Crippen molar-refractivity contribution in [3.8, 4) is 0 Å². The van der Waals surface area contributed by atoms with Gasteiger partial charge in [-0.05, 0) is 32.1 Å². The first-order chi connectivity index (χ1) is 13.4. The zero-order valence-corrected chi connectivity index (χ0v) is 17.1. The van der Waals surface area contributed by atoms with Crippen LogP contribution in [0.2, 0.25) is 0 Å². The van der Waals surface area contributed by atoms with Crippen LogP contribution in [0.4, 0.5) is 0 Å². The molecule has 0 aromatic rings. The van der Waals surface area contributed by atoms with Crippen molar-refractivity contribution in [1.82, 2.24) is 16.0 Å². The summed E-state index contributed by atoms with van der Waals surface area (Å²) in [5.74, 6) is -3.00. The second kappa shape index (κ2) is 13.3. The fourth-order valence-corrected chi connectivity index (χ4v) is 2.31. The molecule has 0 rings (SSSR count). The number of carbonyl (C=O) groups excluding carboxylic acids is 3. The number of carboxylic acids is 1. The number of aliphatic imine (C=N–C) groups is 1. The lowest BCUT2D eigenvalue weighted by atomic mass is 10.0. The highest BCUT2D eigenvalue weighted by molar-refractivity contribution is 5.92. The number of aliphatic carboxylic acids is 1. The van der Waals surface area contributed by atoms with E-state index >= 15 is 0 Å². The zero-order valence-electron chi connectivity index (χ0n) is 17.1. The highest BCUT2D eigenvalue weighted by Gasteiger charge is 2.27. The van der Waals surface area contributed by atoms with E-state index in [1.165, 1.54) is 6.92 Å². The van der Waals surface area contributed by atoms with Gasteiger partial charge in [0.15, 0.2) is 5.96 Å². The SMILES string of the molecule is CC(C)CC(NC(=O)C(CCCN=C(N)N)NC(=O)CNC(=O)C(C)N)C(=O)O. The lowest BCUT2D eigenvalue weighted by molar-refractivity contribution is -0.142. The first-order valence-corrected chi connectivity index (χ1v) is 9.35. The lowest BCUT2D eigenvalue weighted by Crippen LogP contribution is -2.53. The van der Waals surface area contributed by atoms with Crippen molar-refractivity contribution in [2.45, 2.75) is 58.2 Å². The third-order valence-corrected chi connectivity index (χ3v) is 3.76. The summed E-state index contributed by atoms with van der Waals surface area (Å²) in [6.07, 6.45) is 0.772. The summed E-state index contributed by atoms with van der Waals surface area (Å²) in [4.78, 5) is 51.3. The highest BCUT2D eigenvalue weighted by Crippen LogP contribution is 2.07. The Hall–Kier alpha value is -2.89. The Morgan fingerprint density at radius 2 is 1.62 bits per heavy atom. The molecule has 0 bridgehead atoms. The highest BCUT2D eigenvalue weighted by atomic mass is 16.4. The smallest absolute Gasteiger partial charge is 0.326 e. The Balaban J connectivity index is 5.03. The summed E-state index contributed by atoms with van der Waals surface area (Å²) in [5.41, 5.74) is 15.9. The summed E-state index contributed by atoms with van der Waals surface area (Å²) in [5, 5.41) is 16.6. The minimum absolute atomic E-state index is 0.0415. The van der Waals surface area contributed by atoms with Gasteiger partial charge in [-0.25, -0.2) is 4.79 Å². The Morgan fingerprint density at radius 3 is 2.10 bits per heavy atom. The van der Waals surface area contributed by atoms with Crippen LogP contribution < -0.4 is 33.2 Å². The summed E-state index contributed by atoms with van der Waals surface area (Å²) in [7, 11) is 0. The molecule has 0 saturated heterocycles. The molecule has 3 amide bonds. The van der Waals surface area contributed by atoms with Crippen molar-refractivity contribution in [3.63, 3.8) is 0 Å². The number of rotatable bonds is 13. The van der Waals surface area contributed by atoms with E-state index in [0.717, 1.165) is 0 Å². The van der Waals surface area contributed by atoms with Crippen LogP contribution in [0.1, 0.15) is 40.0 Å². The Morgan fingerprint density at radius 1 is 1.00 bits per heavy atom. The van der Waals surface area contributed by atoms with Gasteiger partial charge in [0, 0.05) is 6.54 Å².